The van der Waals surface area contributed by atoms with Gasteiger partial charge in [-0.25, -0.2) is 0 Å². The number of nitrogen functional groups attached to an aromatic ring is 1. The van der Waals surface area contributed by atoms with Crippen molar-refractivity contribution in [3.05, 3.63) is 30.6 Å². The molecule has 0 fully saturated rings. The van der Waals surface area contributed by atoms with Gasteiger partial charge in [-0.15, -0.1) is 0 Å². The van der Waals surface area contributed by atoms with Crippen LogP contribution in [0, 0.1) is 11.8 Å². The highest BCUT2D eigenvalue weighted by molar-refractivity contribution is 5.39. The molecule has 1 heterocycles. The number of hydrogen-bond acceptors (Lipinski definition) is 3. The zero-order valence-electron chi connectivity index (χ0n) is 9.60. The van der Waals surface area contributed by atoms with Crippen molar-refractivity contribution in [3.63, 3.8) is 0 Å². The van der Waals surface area contributed by atoms with Crippen molar-refractivity contribution in [1.29, 1.82) is 0 Å². The van der Waals surface area contributed by atoms with Crippen molar-refractivity contribution in [1.82, 2.24) is 4.98 Å². The summed E-state index contributed by atoms with van der Waals surface area (Å²) >= 11 is 0. The van der Waals surface area contributed by atoms with Gasteiger partial charge in [0.15, 0.2) is 0 Å². The van der Waals surface area contributed by atoms with E-state index in [0.29, 0.717) is 17.5 Å². The van der Waals surface area contributed by atoms with E-state index in [1.54, 1.807) is 12.4 Å². The van der Waals surface area contributed by atoms with Crippen LogP contribution in [0.2, 0.25) is 0 Å². The quantitative estimate of drug-likeness (QED) is 0.793. The molecule has 0 aromatic carbocycles. The molecule has 1 aliphatic carbocycles. The van der Waals surface area contributed by atoms with Crippen LogP contribution in [0.1, 0.15) is 19.8 Å². The van der Waals surface area contributed by atoms with Gasteiger partial charge in [-0.05, 0) is 24.7 Å². The zero-order valence-corrected chi connectivity index (χ0v) is 9.60. The lowest BCUT2D eigenvalue weighted by Crippen LogP contribution is -2.21. The first-order chi connectivity index (χ1) is 7.75. The van der Waals surface area contributed by atoms with Crippen LogP contribution in [0.25, 0.3) is 0 Å². The molecule has 1 aliphatic rings. The van der Waals surface area contributed by atoms with E-state index >= 15 is 0 Å². The summed E-state index contributed by atoms with van der Waals surface area (Å²) in [6.07, 6.45) is 10.1. The van der Waals surface area contributed by atoms with E-state index in [4.69, 9.17) is 10.5 Å². The van der Waals surface area contributed by atoms with Crippen LogP contribution < -0.4 is 10.5 Å². The molecular weight excluding hydrogens is 200 g/mol. The van der Waals surface area contributed by atoms with E-state index in [1.807, 2.05) is 6.07 Å². The van der Waals surface area contributed by atoms with Crippen molar-refractivity contribution in [2.45, 2.75) is 19.8 Å². The van der Waals surface area contributed by atoms with Gasteiger partial charge in [0.25, 0.3) is 0 Å². The smallest absolute Gasteiger partial charge is 0.139 e. The zero-order chi connectivity index (χ0) is 11.4. The number of aromatic nitrogens is 1. The maximum absolute atomic E-state index is 5.72. The summed E-state index contributed by atoms with van der Waals surface area (Å²) in [7, 11) is 0. The third kappa shape index (κ3) is 2.75. The van der Waals surface area contributed by atoms with E-state index < -0.39 is 0 Å². The summed E-state index contributed by atoms with van der Waals surface area (Å²) in [5.41, 5.74) is 6.29. The molecule has 0 spiro atoms. The molecule has 3 heteroatoms. The van der Waals surface area contributed by atoms with Crippen molar-refractivity contribution in [3.8, 4) is 5.75 Å². The fraction of sp³-hybridized carbons (Fsp3) is 0.462. The topological polar surface area (TPSA) is 48.1 Å². The second-order valence-corrected chi connectivity index (χ2v) is 4.45. The summed E-state index contributed by atoms with van der Waals surface area (Å²) in [6.45, 7) is 3.02. The first kappa shape index (κ1) is 11.0. The van der Waals surface area contributed by atoms with Gasteiger partial charge in [0.05, 0.1) is 24.7 Å². The molecule has 2 atom stereocenters. The Morgan fingerprint density at radius 2 is 2.19 bits per heavy atom. The predicted octanol–water partition coefficient (Wildman–Crippen LogP) is 2.64. The molecule has 0 saturated heterocycles. The van der Waals surface area contributed by atoms with Gasteiger partial charge < -0.3 is 10.5 Å². The molecule has 2 unspecified atom stereocenters. The number of nitrogens with two attached hydrogens (primary N) is 1. The number of hydrogen-bond donors (Lipinski definition) is 1. The molecule has 0 radical (unpaired) electrons. The molecule has 86 valence electrons. The van der Waals surface area contributed by atoms with E-state index in [9.17, 15) is 0 Å². The van der Waals surface area contributed by atoms with Crippen molar-refractivity contribution in [2.75, 3.05) is 12.3 Å². The Labute approximate surface area is 96.3 Å². The normalized spacial score (nSPS) is 24.3. The summed E-state index contributed by atoms with van der Waals surface area (Å²) in [4.78, 5) is 4.00. The number of pyridine rings is 1. The fourth-order valence-electron chi connectivity index (χ4n) is 1.96. The molecule has 0 bridgehead atoms. The Bertz CT molecular complexity index is 376. The number of anilines is 1. The molecule has 1 aromatic heterocycles. The van der Waals surface area contributed by atoms with Gasteiger partial charge >= 0.3 is 0 Å². The Balaban J connectivity index is 1.89. The first-order valence-electron chi connectivity index (χ1n) is 5.74. The van der Waals surface area contributed by atoms with Crippen molar-refractivity contribution < 1.29 is 4.74 Å². The Morgan fingerprint density at radius 1 is 1.38 bits per heavy atom. The van der Waals surface area contributed by atoms with Crippen LogP contribution in [0.4, 0.5) is 5.69 Å². The lowest BCUT2D eigenvalue weighted by atomic mass is 9.85. The van der Waals surface area contributed by atoms with E-state index in [1.165, 1.54) is 0 Å². The average Bonchev–Trinajstić information content (AvgIpc) is 2.28. The van der Waals surface area contributed by atoms with Crippen LogP contribution >= 0.6 is 0 Å². The van der Waals surface area contributed by atoms with E-state index in [2.05, 4.69) is 24.1 Å². The SMILES string of the molecule is CC1CC=CCC1COc1cncc(N)c1. The van der Waals surface area contributed by atoms with Crippen molar-refractivity contribution >= 4 is 5.69 Å². The number of allylic oxidation sites excluding steroid dienone is 2. The summed E-state index contributed by atoms with van der Waals surface area (Å²) in [5, 5.41) is 0. The molecule has 0 aliphatic heterocycles. The molecule has 2 N–H and O–H groups in total. The maximum Gasteiger partial charge on any atom is 0.139 e. The fourth-order valence-corrected chi connectivity index (χ4v) is 1.96. The van der Waals surface area contributed by atoms with Crippen LogP contribution in [-0.2, 0) is 0 Å². The number of nitrogens with zero attached hydrogens (tertiary/aromatic N) is 1. The number of ether oxygens (including phenoxy) is 1. The van der Waals surface area contributed by atoms with Crippen LogP contribution in [0.5, 0.6) is 5.75 Å². The monoisotopic (exact) mass is 218 g/mol. The molecular formula is C13H18N2O. The standard InChI is InChI=1S/C13H18N2O/c1-10-4-2-3-5-11(10)9-16-13-6-12(14)7-15-8-13/h2-3,6-8,10-11H,4-5,9,14H2,1H3. The Hall–Kier alpha value is -1.51. The third-order valence-corrected chi connectivity index (χ3v) is 3.12. The molecule has 3 nitrogen and oxygen atoms in total. The largest absolute Gasteiger partial charge is 0.492 e. The predicted molar refractivity (Wildman–Crippen MR) is 65.2 cm³/mol. The Kier molecular flexibility index (Phi) is 3.44. The van der Waals surface area contributed by atoms with Gasteiger partial charge in [-0.1, -0.05) is 19.1 Å². The minimum absolute atomic E-state index is 0.603. The summed E-state index contributed by atoms with van der Waals surface area (Å²) in [6, 6.07) is 1.82. The minimum Gasteiger partial charge on any atom is -0.492 e. The highest BCUT2D eigenvalue weighted by Crippen LogP contribution is 2.25. The number of rotatable bonds is 3. The van der Waals surface area contributed by atoms with Gasteiger partial charge in [0, 0.05) is 6.07 Å². The minimum atomic E-state index is 0.603. The van der Waals surface area contributed by atoms with E-state index in [0.717, 1.165) is 25.2 Å². The molecule has 0 amide bonds. The van der Waals surface area contributed by atoms with E-state index in [-0.39, 0.29) is 0 Å². The first-order valence-corrected chi connectivity index (χ1v) is 5.74. The molecule has 1 aromatic rings. The van der Waals surface area contributed by atoms with Gasteiger partial charge in [0.1, 0.15) is 5.75 Å². The third-order valence-electron chi connectivity index (χ3n) is 3.12. The average molecular weight is 218 g/mol. The summed E-state index contributed by atoms with van der Waals surface area (Å²) < 4.78 is 5.72. The molecule has 0 saturated carbocycles. The lowest BCUT2D eigenvalue weighted by molar-refractivity contribution is 0.198. The van der Waals surface area contributed by atoms with Crippen LogP contribution in [0.3, 0.4) is 0 Å². The van der Waals surface area contributed by atoms with Crippen LogP contribution in [0.15, 0.2) is 30.6 Å². The second-order valence-electron chi connectivity index (χ2n) is 4.45. The second kappa shape index (κ2) is 5.01. The summed E-state index contributed by atoms with van der Waals surface area (Å²) in [5.74, 6) is 2.06. The maximum atomic E-state index is 5.72. The lowest BCUT2D eigenvalue weighted by Gasteiger charge is -2.25. The highest BCUT2D eigenvalue weighted by Gasteiger charge is 2.18. The Morgan fingerprint density at radius 3 is 2.94 bits per heavy atom. The highest BCUT2D eigenvalue weighted by atomic mass is 16.5. The van der Waals surface area contributed by atoms with Crippen LogP contribution in [-0.4, -0.2) is 11.6 Å². The van der Waals surface area contributed by atoms with Gasteiger partial charge in [-0.2, -0.15) is 0 Å². The molecule has 16 heavy (non-hydrogen) atoms. The van der Waals surface area contributed by atoms with Gasteiger partial charge in [-0.3, -0.25) is 4.98 Å². The van der Waals surface area contributed by atoms with Crippen molar-refractivity contribution in [2.24, 2.45) is 11.8 Å². The molecule has 2 rings (SSSR count). The van der Waals surface area contributed by atoms with Gasteiger partial charge in [0.2, 0.25) is 0 Å².